The number of ether oxygens (including phenoxy) is 4. The molecular weight excluding hydrogens is 284 g/mol. The molecule has 5 nitrogen and oxygen atoms in total. The van der Waals surface area contributed by atoms with Gasteiger partial charge >= 0.3 is 5.97 Å². The molecule has 22 heavy (non-hydrogen) atoms. The zero-order chi connectivity index (χ0) is 16.1. The van der Waals surface area contributed by atoms with Crippen molar-refractivity contribution >= 4 is 5.97 Å². The van der Waals surface area contributed by atoms with Gasteiger partial charge in [0.1, 0.15) is 11.7 Å². The van der Waals surface area contributed by atoms with Crippen molar-refractivity contribution in [3.63, 3.8) is 0 Å². The number of benzene rings is 1. The smallest absolute Gasteiger partial charge is 0.343 e. The van der Waals surface area contributed by atoms with Crippen LogP contribution in [0.15, 0.2) is 18.7 Å². The van der Waals surface area contributed by atoms with E-state index in [1.165, 1.54) is 14.2 Å². The average molecular weight is 306 g/mol. The molecule has 0 radical (unpaired) electrons. The number of methoxy groups -OCH3 is 3. The number of cyclic esters (lactones) is 1. The van der Waals surface area contributed by atoms with Crippen LogP contribution in [0.5, 0.6) is 17.2 Å². The molecular formula is C17H22O5. The first-order valence-electron chi connectivity index (χ1n) is 7.32. The summed E-state index contributed by atoms with van der Waals surface area (Å²) in [6, 6.07) is 1.81. The van der Waals surface area contributed by atoms with Gasteiger partial charge in [0, 0.05) is 5.56 Å². The van der Waals surface area contributed by atoms with Gasteiger partial charge in [-0.3, -0.25) is 0 Å². The lowest BCUT2D eigenvalue weighted by Gasteiger charge is -2.15. The predicted octanol–water partition coefficient (Wildman–Crippen LogP) is 3.67. The van der Waals surface area contributed by atoms with E-state index in [9.17, 15) is 4.79 Å². The zero-order valence-electron chi connectivity index (χ0n) is 13.3. The molecule has 0 fully saturated rings. The Hall–Kier alpha value is -2.17. The molecule has 0 saturated heterocycles. The molecule has 1 aliphatic rings. The lowest BCUT2D eigenvalue weighted by atomic mass is 9.98. The number of carbonyl (C=O) groups excluding carboxylic acids is 1. The number of esters is 1. The van der Waals surface area contributed by atoms with Crippen molar-refractivity contribution in [2.45, 2.75) is 31.8 Å². The minimum absolute atomic E-state index is 0.263. The molecule has 1 aromatic rings. The van der Waals surface area contributed by atoms with Gasteiger partial charge in [0.05, 0.1) is 21.3 Å². The Balaban J connectivity index is 2.35. The van der Waals surface area contributed by atoms with Gasteiger partial charge in [0.2, 0.25) is 5.75 Å². The van der Waals surface area contributed by atoms with Crippen molar-refractivity contribution < 1.29 is 23.7 Å². The van der Waals surface area contributed by atoms with Crippen molar-refractivity contribution in [2.75, 3.05) is 21.3 Å². The molecule has 1 atom stereocenters. The van der Waals surface area contributed by atoms with Crippen molar-refractivity contribution in [3.05, 3.63) is 29.8 Å². The van der Waals surface area contributed by atoms with Gasteiger partial charge in [-0.05, 0) is 31.7 Å². The molecule has 0 saturated carbocycles. The summed E-state index contributed by atoms with van der Waals surface area (Å²) < 4.78 is 21.5. The molecule has 120 valence electrons. The lowest BCUT2D eigenvalue weighted by Crippen LogP contribution is -2.02. The van der Waals surface area contributed by atoms with Crippen LogP contribution < -0.4 is 14.2 Å². The summed E-state index contributed by atoms with van der Waals surface area (Å²) in [7, 11) is 4.57. The molecule has 0 aromatic heterocycles. The fourth-order valence-electron chi connectivity index (χ4n) is 2.72. The normalized spacial score (nSPS) is 16.0. The molecule has 0 N–H and O–H groups in total. The number of allylic oxidation sites excluding steroid dienone is 1. The zero-order valence-corrected chi connectivity index (χ0v) is 13.3. The van der Waals surface area contributed by atoms with Gasteiger partial charge in [-0.2, -0.15) is 0 Å². The van der Waals surface area contributed by atoms with Crippen molar-refractivity contribution in [1.82, 2.24) is 0 Å². The van der Waals surface area contributed by atoms with Crippen LogP contribution in [-0.2, 0) is 4.74 Å². The maximum atomic E-state index is 12.2. The second-order valence-electron chi connectivity index (χ2n) is 5.08. The van der Waals surface area contributed by atoms with E-state index in [4.69, 9.17) is 18.9 Å². The summed E-state index contributed by atoms with van der Waals surface area (Å²) in [6.07, 6.45) is 5.35. The SMILES string of the molecule is C=CCCCCC1OC(=O)c2c1cc(OC)c(OC)c2OC. The van der Waals surface area contributed by atoms with Crippen LogP contribution in [0.2, 0.25) is 0 Å². The molecule has 1 aliphatic heterocycles. The number of rotatable bonds is 8. The molecule has 0 aliphatic carbocycles. The van der Waals surface area contributed by atoms with E-state index in [-0.39, 0.29) is 12.1 Å². The van der Waals surface area contributed by atoms with E-state index in [1.807, 2.05) is 6.08 Å². The highest BCUT2D eigenvalue weighted by molar-refractivity contribution is 5.98. The number of hydrogen-bond donors (Lipinski definition) is 0. The summed E-state index contributed by atoms with van der Waals surface area (Å²) in [6.45, 7) is 3.71. The second kappa shape index (κ2) is 7.20. The molecule has 0 amide bonds. The number of fused-ring (bicyclic) bond motifs is 1. The van der Waals surface area contributed by atoms with Crippen molar-refractivity contribution in [2.24, 2.45) is 0 Å². The largest absolute Gasteiger partial charge is 0.493 e. The van der Waals surface area contributed by atoms with Crippen LogP contribution in [0.3, 0.4) is 0 Å². The number of unbranched alkanes of at least 4 members (excludes halogenated alkanes) is 2. The van der Waals surface area contributed by atoms with Gasteiger partial charge in [-0.1, -0.05) is 6.08 Å². The highest BCUT2D eigenvalue weighted by Crippen LogP contribution is 2.48. The van der Waals surface area contributed by atoms with E-state index in [1.54, 1.807) is 13.2 Å². The van der Waals surface area contributed by atoms with Crippen LogP contribution in [0.4, 0.5) is 0 Å². The minimum atomic E-state index is -0.374. The summed E-state index contributed by atoms with van der Waals surface area (Å²) in [5, 5.41) is 0. The molecule has 0 spiro atoms. The van der Waals surface area contributed by atoms with E-state index in [0.717, 1.165) is 31.2 Å². The van der Waals surface area contributed by atoms with Crippen molar-refractivity contribution in [1.29, 1.82) is 0 Å². The van der Waals surface area contributed by atoms with E-state index in [2.05, 4.69) is 6.58 Å². The number of hydrogen-bond acceptors (Lipinski definition) is 5. The first-order valence-corrected chi connectivity index (χ1v) is 7.32. The Morgan fingerprint density at radius 2 is 1.91 bits per heavy atom. The summed E-state index contributed by atoms with van der Waals surface area (Å²) in [5.41, 5.74) is 1.24. The van der Waals surface area contributed by atoms with E-state index >= 15 is 0 Å². The second-order valence-corrected chi connectivity index (χ2v) is 5.08. The first-order chi connectivity index (χ1) is 10.7. The van der Waals surface area contributed by atoms with Gasteiger partial charge in [-0.25, -0.2) is 4.79 Å². The fraction of sp³-hybridized carbons (Fsp3) is 0.471. The topological polar surface area (TPSA) is 54.0 Å². The summed E-state index contributed by atoms with van der Waals surface area (Å²) in [4.78, 5) is 12.2. The quantitative estimate of drug-likeness (QED) is 0.417. The minimum Gasteiger partial charge on any atom is -0.493 e. The monoisotopic (exact) mass is 306 g/mol. The Morgan fingerprint density at radius 3 is 2.50 bits per heavy atom. The lowest BCUT2D eigenvalue weighted by molar-refractivity contribution is 0.0362. The molecule has 1 unspecified atom stereocenters. The number of carbonyl (C=O) groups is 1. The fourth-order valence-corrected chi connectivity index (χ4v) is 2.72. The van der Waals surface area contributed by atoms with Crippen LogP contribution in [-0.4, -0.2) is 27.3 Å². The standard InChI is InChI=1S/C17H22O5/c1-5-6-7-8-9-12-11-10-13(19-2)15(20-3)16(21-4)14(11)17(18)22-12/h5,10,12H,1,6-9H2,2-4H3. The van der Waals surface area contributed by atoms with Crippen LogP contribution in [0.1, 0.15) is 47.7 Å². The van der Waals surface area contributed by atoms with Gasteiger partial charge < -0.3 is 18.9 Å². The van der Waals surface area contributed by atoms with Gasteiger partial charge in [-0.15, -0.1) is 6.58 Å². The predicted molar refractivity (Wildman–Crippen MR) is 82.9 cm³/mol. The van der Waals surface area contributed by atoms with Gasteiger partial charge in [0.15, 0.2) is 11.5 Å². The maximum absolute atomic E-state index is 12.2. The summed E-state index contributed by atoms with van der Waals surface area (Å²) in [5.74, 6) is 0.942. The molecule has 0 bridgehead atoms. The maximum Gasteiger partial charge on any atom is 0.343 e. The highest BCUT2D eigenvalue weighted by Gasteiger charge is 2.37. The molecule has 5 heteroatoms. The first kappa shape index (κ1) is 16.2. The molecule has 2 rings (SSSR count). The third-order valence-corrected chi connectivity index (χ3v) is 3.79. The Bertz CT molecular complexity index is 565. The third kappa shape index (κ3) is 2.89. The Kier molecular flexibility index (Phi) is 5.31. The third-order valence-electron chi connectivity index (χ3n) is 3.79. The molecule has 1 aromatic carbocycles. The summed E-state index contributed by atoms with van der Waals surface area (Å²) >= 11 is 0. The Labute approximate surface area is 130 Å². The Morgan fingerprint density at radius 1 is 1.18 bits per heavy atom. The van der Waals surface area contributed by atoms with Crippen LogP contribution in [0, 0.1) is 0 Å². The van der Waals surface area contributed by atoms with E-state index in [0.29, 0.717) is 22.8 Å². The van der Waals surface area contributed by atoms with Crippen LogP contribution in [0.25, 0.3) is 0 Å². The van der Waals surface area contributed by atoms with Crippen LogP contribution >= 0.6 is 0 Å². The highest BCUT2D eigenvalue weighted by atomic mass is 16.6. The van der Waals surface area contributed by atoms with Gasteiger partial charge in [0.25, 0.3) is 0 Å². The molecule has 1 heterocycles. The van der Waals surface area contributed by atoms with Crippen molar-refractivity contribution in [3.8, 4) is 17.2 Å². The average Bonchev–Trinajstić information content (AvgIpc) is 2.85. The van der Waals surface area contributed by atoms with E-state index < -0.39 is 0 Å².